The highest BCUT2D eigenvalue weighted by Crippen LogP contribution is 2.19. The standard InChI is InChI=1S/C21H23N5O3S/c1-14-13-30-21-17(14)19(27)25-18(26-21)20(28)24-12-15-5-2-6-16(11-15)29-10-4-9-23-8-3-7-22/h2-3,5-8,11,13,22-23H,4,9-10,12H2,1H3,(H,24,28)(H,25,26,27)/b8-3-,22-7?. The van der Waals surface area contributed by atoms with Crippen LogP contribution in [-0.2, 0) is 6.54 Å². The van der Waals surface area contributed by atoms with Gasteiger partial charge in [0, 0.05) is 19.3 Å². The van der Waals surface area contributed by atoms with Gasteiger partial charge in [-0.2, -0.15) is 0 Å². The molecule has 0 aliphatic heterocycles. The van der Waals surface area contributed by atoms with Crippen LogP contribution < -0.4 is 20.9 Å². The number of aromatic nitrogens is 2. The molecule has 1 amide bonds. The number of rotatable bonds is 10. The van der Waals surface area contributed by atoms with Crippen molar-refractivity contribution in [1.29, 1.82) is 5.41 Å². The topological polar surface area (TPSA) is 120 Å². The van der Waals surface area contributed by atoms with Gasteiger partial charge in [-0.15, -0.1) is 11.3 Å². The number of amides is 1. The third kappa shape index (κ3) is 5.54. The van der Waals surface area contributed by atoms with Gasteiger partial charge in [-0.1, -0.05) is 12.1 Å². The van der Waals surface area contributed by atoms with E-state index in [1.165, 1.54) is 17.6 Å². The van der Waals surface area contributed by atoms with Gasteiger partial charge in [-0.3, -0.25) is 9.59 Å². The van der Waals surface area contributed by atoms with Crippen LogP contribution in [0.3, 0.4) is 0 Å². The Morgan fingerprint density at radius 3 is 3.10 bits per heavy atom. The molecule has 0 bridgehead atoms. The molecule has 8 nitrogen and oxygen atoms in total. The van der Waals surface area contributed by atoms with Crippen molar-refractivity contribution in [2.24, 2.45) is 0 Å². The molecule has 1 aromatic carbocycles. The summed E-state index contributed by atoms with van der Waals surface area (Å²) in [7, 11) is 0. The second-order valence-electron chi connectivity index (χ2n) is 6.53. The van der Waals surface area contributed by atoms with Crippen molar-refractivity contribution >= 4 is 33.7 Å². The van der Waals surface area contributed by atoms with Crippen molar-refractivity contribution in [3.63, 3.8) is 0 Å². The molecule has 0 aliphatic carbocycles. The molecule has 0 atom stereocenters. The Kier molecular flexibility index (Phi) is 7.34. The second kappa shape index (κ2) is 10.4. The van der Waals surface area contributed by atoms with Crippen molar-refractivity contribution in [3.8, 4) is 5.75 Å². The number of carbonyl (C=O) groups is 1. The number of fused-ring (bicyclic) bond motifs is 1. The van der Waals surface area contributed by atoms with Gasteiger partial charge in [0.05, 0.1) is 12.0 Å². The van der Waals surface area contributed by atoms with Crippen LogP contribution in [0.15, 0.2) is 46.7 Å². The molecule has 0 saturated carbocycles. The highest BCUT2D eigenvalue weighted by Gasteiger charge is 2.13. The number of allylic oxidation sites excluding steroid dienone is 1. The Hall–Kier alpha value is -3.46. The molecule has 0 saturated heterocycles. The van der Waals surface area contributed by atoms with Crippen LogP contribution in [-0.4, -0.2) is 35.2 Å². The Labute approximate surface area is 177 Å². The summed E-state index contributed by atoms with van der Waals surface area (Å²) in [4.78, 5) is 32.0. The number of hydrogen-bond acceptors (Lipinski definition) is 7. The molecule has 4 N–H and O–H groups in total. The first kappa shape index (κ1) is 21.3. The first-order valence-corrected chi connectivity index (χ1v) is 10.3. The van der Waals surface area contributed by atoms with Gasteiger partial charge in [0.25, 0.3) is 11.5 Å². The summed E-state index contributed by atoms with van der Waals surface area (Å²) >= 11 is 1.35. The van der Waals surface area contributed by atoms with E-state index in [1.54, 1.807) is 12.3 Å². The molecule has 0 spiro atoms. The minimum absolute atomic E-state index is 0.00585. The van der Waals surface area contributed by atoms with E-state index in [9.17, 15) is 9.59 Å². The molecule has 3 aromatic rings. The predicted molar refractivity (Wildman–Crippen MR) is 119 cm³/mol. The minimum atomic E-state index is -0.435. The summed E-state index contributed by atoms with van der Waals surface area (Å²) in [5.74, 6) is 0.292. The van der Waals surface area contributed by atoms with Gasteiger partial charge in [-0.25, -0.2) is 4.98 Å². The summed E-state index contributed by atoms with van der Waals surface area (Å²) in [5.41, 5.74) is 1.43. The summed E-state index contributed by atoms with van der Waals surface area (Å²) in [6.07, 6.45) is 5.36. The van der Waals surface area contributed by atoms with Crippen LogP contribution in [0.25, 0.3) is 10.2 Å². The van der Waals surface area contributed by atoms with Crippen LogP contribution in [0.4, 0.5) is 0 Å². The average Bonchev–Trinajstić information content (AvgIpc) is 3.13. The molecule has 0 fully saturated rings. The third-order valence-corrected chi connectivity index (χ3v) is 5.23. The van der Waals surface area contributed by atoms with Gasteiger partial charge in [0.1, 0.15) is 10.6 Å². The molecule has 30 heavy (non-hydrogen) atoms. The molecule has 2 heterocycles. The number of thiophene rings is 1. The van der Waals surface area contributed by atoms with Crippen LogP contribution in [0.5, 0.6) is 5.75 Å². The predicted octanol–water partition coefficient (Wildman–Crippen LogP) is 2.74. The first-order chi connectivity index (χ1) is 14.6. The SMILES string of the molecule is Cc1csc2nc(C(=O)NCc3cccc(OCCCN/C=C\C=N)c3)[nH]c(=O)c12. The summed E-state index contributed by atoms with van der Waals surface area (Å²) < 4.78 is 5.73. The lowest BCUT2D eigenvalue weighted by Gasteiger charge is -2.09. The number of hydrogen-bond donors (Lipinski definition) is 4. The fourth-order valence-corrected chi connectivity index (χ4v) is 3.69. The lowest BCUT2D eigenvalue weighted by Crippen LogP contribution is -2.27. The van der Waals surface area contributed by atoms with Gasteiger partial charge in [0.2, 0.25) is 5.82 Å². The molecular weight excluding hydrogens is 402 g/mol. The van der Waals surface area contributed by atoms with E-state index in [1.807, 2.05) is 36.6 Å². The van der Waals surface area contributed by atoms with Crippen LogP contribution in [0.1, 0.15) is 28.2 Å². The molecule has 0 aliphatic rings. The average molecular weight is 426 g/mol. The fraction of sp³-hybridized carbons (Fsp3) is 0.238. The maximum Gasteiger partial charge on any atom is 0.287 e. The number of carbonyl (C=O) groups excluding carboxylic acids is 1. The monoisotopic (exact) mass is 425 g/mol. The van der Waals surface area contributed by atoms with E-state index in [0.717, 1.165) is 29.8 Å². The molecule has 3 rings (SSSR count). The Morgan fingerprint density at radius 1 is 1.40 bits per heavy atom. The molecule has 0 radical (unpaired) electrons. The van der Waals surface area contributed by atoms with E-state index in [0.29, 0.717) is 16.8 Å². The van der Waals surface area contributed by atoms with E-state index >= 15 is 0 Å². The zero-order valence-electron chi connectivity index (χ0n) is 16.5. The summed E-state index contributed by atoms with van der Waals surface area (Å²) in [5, 5.41) is 15.1. The normalized spacial score (nSPS) is 11.0. The number of aryl methyl sites for hydroxylation is 1. The van der Waals surface area contributed by atoms with Crippen molar-refractivity contribution in [3.05, 3.63) is 69.2 Å². The number of benzene rings is 1. The Bertz CT molecular complexity index is 1120. The summed E-state index contributed by atoms with van der Waals surface area (Å²) in [6, 6.07) is 7.48. The third-order valence-electron chi connectivity index (χ3n) is 4.24. The number of aromatic amines is 1. The number of nitrogens with zero attached hydrogens (tertiary/aromatic N) is 1. The quantitative estimate of drug-likeness (QED) is 0.294. The first-order valence-electron chi connectivity index (χ1n) is 9.45. The van der Waals surface area contributed by atoms with Crippen molar-refractivity contribution < 1.29 is 9.53 Å². The van der Waals surface area contributed by atoms with Crippen molar-refractivity contribution in [1.82, 2.24) is 20.6 Å². The fourth-order valence-electron chi connectivity index (χ4n) is 2.77. The van der Waals surface area contributed by atoms with Crippen LogP contribution in [0.2, 0.25) is 0 Å². The highest BCUT2D eigenvalue weighted by atomic mass is 32.1. The lowest BCUT2D eigenvalue weighted by atomic mass is 10.2. The summed E-state index contributed by atoms with van der Waals surface area (Å²) in [6.45, 7) is 3.43. The molecular formula is C21H23N5O3S. The molecule has 156 valence electrons. The smallest absolute Gasteiger partial charge is 0.287 e. The van der Waals surface area contributed by atoms with Gasteiger partial charge >= 0.3 is 0 Å². The van der Waals surface area contributed by atoms with Crippen molar-refractivity contribution in [2.45, 2.75) is 19.9 Å². The minimum Gasteiger partial charge on any atom is -0.494 e. The van der Waals surface area contributed by atoms with Crippen molar-refractivity contribution in [2.75, 3.05) is 13.2 Å². The maximum atomic E-state index is 12.4. The lowest BCUT2D eigenvalue weighted by molar-refractivity contribution is 0.0940. The molecule has 9 heteroatoms. The van der Waals surface area contributed by atoms with E-state index in [2.05, 4.69) is 20.6 Å². The van der Waals surface area contributed by atoms with Crippen LogP contribution >= 0.6 is 11.3 Å². The van der Waals surface area contributed by atoms with E-state index in [4.69, 9.17) is 10.1 Å². The maximum absolute atomic E-state index is 12.4. The van der Waals surface area contributed by atoms with E-state index < -0.39 is 5.91 Å². The number of nitrogens with one attached hydrogen (secondary N) is 4. The zero-order chi connectivity index (χ0) is 21.3. The largest absolute Gasteiger partial charge is 0.494 e. The van der Waals surface area contributed by atoms with Gasteiger partial charge in [0.15, 0.2) is 0 Å². The second-order valence-corrected chi connectivity index (χ2v) is 7.38. The Balaban J connectivity index is 1.52. The zero-order valence-corrected chi connectivity index (χ0v) is 17.3. The molecule has 2 aromatic heterocycles. The van der Waals surface area contributed by atoms with Gasteiger partial charge < -0.3 is 25.8 Å². The van der Waals surface area contributed by atoms with Gasteiger partial charge in [-0.05, 0) is 54.3 Å². The van der Waals surface area contributed by atoms with Crippen LogP contribution in [0, 0.1) is 12.3 Å². The highest BCUT2D eigenvalue weighted by molar-refractivity contribution is 7.16. The number of ether oxygens (including phenoxy) is 1. The number of H-pyrrole nitrogens is 1. The molecule has 0 unspecified atom stereocenters. The Morgan fingerprint density at radius 2 is 2.27 bits per heavy atom. The van der Waals surface area contributed by atoms with E-state index in [-0.39, 0.29) is 17.9 Å².